The maximum Gasteiger partial charge on any atom is 0.406 e. The number of para-hydroxylation sites is 1. The Morgan fingerprint density at radius 1 is 1.30 bits per heavy atom. The van der Waals surface area contributed by atoms with Gasteiger partial charge in [-0.05, 0) is 19.1 Å². The lowest BCUT2D eigenvalue weighted by molar-refractivity contribution is -0.144. The van der Waals surface area contributed by atoms with Crippen LogP contribution in [0.5, 0.6) is 0 Å². The Bertz CT molecular complexity index is 726. The first-order valence-corrected chi connectivity index (χ1v) is 7.15. The molecule has 0 saturated heterocycles. The standard InChI is InChI=1S/C15H15F3N4O/c1-2-21-8-7-19-12(21)13-20-11-6-4-3-5-10(11)14(23)22(13)9-15(16,17)18/h3-8,13,20H,2,9H2,1H3. The van der Waals surface area contributed by atoms with Gasteiger partial charge < -0.3 is 14.8 Å². The number of aromatic nitrogens is 2. The van der Waals surface area contributed by atoms with E-state index in [9.17, 15) is 18.0 Å². The van der Waals surface area contributed by atoms with Crippen LogP contribution in [0.25, 0.3) is 0 Å². The van der Waals surface area contributed by atoms with E-state index in [4.69, 9.17) is 0 Å². The SMILES string of the molecule is CCn1ccnc1C1Nc2ccccc2C(=O)N1CC(F)(F)F. The van der Waals surface area contributed by atoms with Gasteiger partial charge in [0.2, 0.25) is 0 Å². The molecule has 23 heavy (non-hydrogen) atoms. The third-order valence-electron chi connectivity index (χ3n) is 3.70. The van der Waals surface area contributed by atoms with Gasteiger partial charge in [-0.1, -0.05) is 12.1 Å². The van der Waals surface area contributed by atoms with Crippen molar-refractivity contribution >= 4 is 11.6 Å². The van der Waals surface area contributed by atoms with Crippen molar-refractivity contribution in [2.24, 2.45) is 0 Å². The van der Waals surface area contributed by atoms with Crippen LogP contribution in [0.15, 0.2) is 36.7 Å². The number of amides is 1. The number of imidazole rings is 1. The van der Waals surface area contributed by atoms with Crippen molar-refractivity contribution in [1.82, 2.24) is 14.5 Å². The molecule has 1 aromatic heterocycles. The molecule has 1 amide bonds. The van der Waals surface area contributed by atoms with E-state index in [0.29, 0.717) is 18.1 Å². The highest BCUT2D eigenvalue weighted by Gasteiger charge is 2.41. The zero-order valence-electron chi connectivity index (χ0n) is 12.3. The number of nitrogens with one attached hydrogen (secondary N) is 1. The molecule has 0 fully saturated rings. The molecule has 5 nitrogen and oxygen atoms in total. The first-order chi connectivity index (χ1) is 10.9. The quantitative estimate of drug-likeness (QED) is 0.944. The smallest absolute Gasteiger partial charge is 0.358 e. The van der Waals surface area contributed by atoms with E-state index < -0.39 is 24.8 Å². The summed E-state index contributed by atoms with van der Waals surface area (Å²) in [6, 6.07) is 6.53. The lowest BCUT2D eigenvalue weighted by atomic mass is 10.1. The van der Waals surface area contributed by atoms with Gasteiger partial charge in [0.05, 0.1) is 5.56 Å². The summed E-state index contributed by atoms with van der Waals surface area (Å²) in [6.07, 6.45) is -2.27. The van der Waals surface area contributed by atoms with Gasteiger partial charge in [-0.25, -0.2) is 4.98 Å². The fraction of sp³-hybridized carbons (Fsp3) is 0.333. The Morgan fingerprint density at radius 3 is 2.74 bits per heavy atom. The average molecular weight is 324 g/mol. The van der Waals surface area contributed by atoms with E-state index in [1.54, 1.807) is 29.0 Å². The molecule has 0 saturated carbocycles. The molecule has 0 aliphatic carbocycles. The maximum atomic E-state index is 12.9. The topological polar surface area (TPSA) is 50.2 Å². The summed E-state index contributed by atoms with van der Waals surface area (Å²) < 4.78 is 40.5. The Morgan fingerprint density at radius 2 is 2.04 bits per heavy atom. The molecule has 8 heteroatoms. The van der Waals surface area contributed by atoms with E-state index in [0.717, 1.165) is 4.90 Å². The van der Waals surface area contributed by atoms with Crippen LogP contribution in [0.3, 0.4) is 0 Å². The molecule has 0 spiro atoms. The molecule has 2 heterocycles. The Kier molecular flexibility index (Phi) is 3.75. The maximum absolute atomic E-state index is 12.9. The molecule has 1 aromatic carbocycles. The third-order valence-corrected chi connectivity index (χ3v) is 3.70. The molecule has 1 aliphatic rings. The molecule has 1 unspecified atom stereocenters. The van der Waals surface area contributed by atoms with Gasteiger partial charge in [0.1, 0.15) is 6.54 Å². The molecule has 2 aromatic rings. The second-order valence-corrected chi connectivity index (χ2v) is 5.21. The summed E-state index contributed by atoms with van der Waals surface area (Å²) in [5.74, 6) is -0.285. The zero-order chi connectivity index (χ0) is 16.6. The Labute approximate surface area is 130 Å². The van der Waals surface area contributed by atoms with Crippen molar-refractivity contribution in [3.8, 4) is 0 Å². The summed E-state index contributed by atoms with van der Waals surface area (Å²) in [7, 11) is 0. The van der Waals surface area contributed by atoms with E-state index in [1.807, 2.05) is 6.92 Å². The number of rotatable bonds is 3. The van der Waals surface area contributed by atoms with Crippen molar-refractivity contribution in [3.05, 3.63) is 48.0 Å². The average Bonchev–Trinajstić information content (AvgIpc) is 2.97. The van der Waals surface area contributed by atoms with Gasteiger partial charge in [-0.3, -0.25) is 4.79 Å². The minimum Gasteiger partial charge on any atom is -0.358 e. The van der Waals surface area contributed by atoms with Gasteiger partial charge >= 0.3 is 6.18 Å². The summed E-state index contributed by atoms with van der Waals surface area (Å²) in [5.41, 5.74) is 0.731. The van der Waals surface area contributed by atoms with Crippen LogP contribution in [0.2, 0.25) is 0 Å². The number of anilines is 1. The molecule has 0 radical (unpaired) electrons. The molecule has 1 aliphatic heterocycles. The lowest BCUT2D eigenvalue weighted by Crippen LogP contribution is -2.48. The summed E-state index contributed by atoms with van der Waals surface area (Å²) >= 11 is 0. The van der Waals surface area contributed by atoms with Crippen LogP contribution >= 0.6 is 0 Å². The predicted octanol–water partition coefficient (Wildman–Crippen LogP) is 3.03. The number of benzene rings is 1. The first-order valence-electron chi connectivity index (χ1n) is 7.15. The number of halogens is 3. The van der Waals surface area contributed by atoms with E-state index in [1.165, 1.54) is 12.3 Å². The van der Waals surface area contributed by atoms with Crippen LogP contribution in [0, 0.1) is 0 Å². The number of carbonyl (C=O) groups excluding carboxylic acids is 1. The van der Waals surface area contributed by atoms with Crippen molar-refractivity contribution in [3.63, 3.8) is 0 Å². The number of aryl methyl sites for hydroxylation is 1. The summed E-state index contributed by atoms with van der Waals surface area (Å²) in [5, 5.41) is 3.00. The Balaban J connectivity index is 2.06. The molecule has 1 N–H and O–H groups in total. The van der Waals surface area contributed by atoms with Crippen molar-refractivity contribution in [2.75, 3.05) is 11.9 Å². The molecule has 3 rings (SSSR count). The normalized spacial score (nSPS) is 17.8. The van der Waals surface area contributed by atoms with E-state index in [2.05, 4.69) is 10.3 Å². The number of hydrogen-bond donors (Lipinski definition) is 1. The molecule has 122 valence electrons. The number of alkyl halides is 3. The highest BCUT2D eigenvalue weighted by molar-refractivity contribution is 6.01. The van der Waals surface area contributed by atoms with E-state index in [-0.39, 0.29) is 5.56 Å². The number of hydrogen-bond acceptors (Lipinski definition) is 3. The Hall–Kier alpha value is -2.51. The third kappa shape index (κ3) is 2.88. The van der Waals surface area contributed by atoms with Gasteiger partial charge in [0, 0.05) is 24.6 Å². The number of carbonyl (C=O) groups is 1. The van der Waals surface area contributed by atoms with Gasteiger partial charge in [0.15, 0.2) is 12.0 Å². The minimum absolute atomic E-state index is 0.225. The second kappa shape index (κ2) is 5.60. The summed E-state index contributed by atoms with van der Waals surface area (Å²) in [6.45, 7) is 1.06. The molecular weight excluding hydrogens is 309 g/mol. The van der Waals surface area contributed by atoms with Crippen LogP contribution in [0.4, 0.5) is 18.9 Å². The van der Waals surface area contributed by atoms with Crippen LogP contribution in [-0.2, 0) is 6.54 Å². The molecular formula is C15H15F3N4O. The van der Waals surface area contributed by atoms with E-state index >= 15 is 0 Å². The highest BCUT2D eigenvalue weighted by atomic mass is 19.4. The van der Waals surface area contributed by atoms with Crippen LogP contribution < -0.4 is 5.32 Å². The fourth-order valence-electron chi connectivity index (χ4n) is 2.69. The fourth-order valence-corrected chi connectivity index (χ4v) is 2.69. The van der Waals surface area contributed by atoms with Crippen LogP contribution in [0.1, 0.15) is 29.3 Å². The minimum atomic E-state index is -4.49. The largest absolute Gasteiger partial charge is 0.406 e. The second-order valence-electron chi connectivity index (χ2n) is 5.21. The highest BCUT2D eigenvalue weighted by Crippen LogP contribution is 2.34. The lowest BCUT2D eigenvalue weighted by Gasteiger charge is -2.37. The number of fused-ring (bicyclic) bond motifs is 1. The molecule has 0 bridgehead atoms. The van der Waals surface area contributed by atoms with Crippen molar-refractivity contribution in [1.29, 1.82) is 0 Å². The van der Waals surface area contributed by atoms with Crippen molar-refractivity contribution in [2.45, 2.75) is 25.8 Å². The zero-order valence-corrected chi connectivity index (χ0v) is 12.3. The van der Waals surface area contributed by atoms with Gasteiger partial charge in [-0.2, -0.15) is 13.2 Å². The first kappa shape index (κ1) is 15.4. The summed E-state index contributed by atoms with van der Waals surface area (Å²) in [4.78, 5) is 17.5. The predicted molar refractivity (Wildman–Crippen MR) is 77.8 cm³/mol. The molecule has 1 atom stereocenters. The monoisotopic (exact) mass is 324 g/mol. The van der Waals surface area contributed by atoms with Crippen molar-refractivity contribution < 1.29 is 18.0 Å². The van der Waals surface area contributed by atoms with Gasteiger partial charge in [-0.15, -0.1) is 0 Å². The van der Waals surface area contributed by atoms with Gasteiger partial charge in [0.25, 0.3) is 5.91 Å². The number of nitrogens with zero attached hydrogens (tertiary/aromatic N) is 3. The van der Waals surface area contributed by atoms with Crippen LogP contribution in [-0.4, -0.2) is 33.1 Å².